The molecule has 4 N–H and O–H groups in total. The van der Waals surface area contributed by atoms with Crippen LogP contribution in [0.5, 0.6) is 5.75 Å². The van der Waals surface area contributed by atoms with Crippen LogP contribution >= 0.6 is 0 Å². The molecule has 0 aliphatic rings. The van der Waals surface area contributed by atoms with Crippen molar-refractivity contribution in [3.05, 3.63) is 29.3 Å². The van der Waals surface area contributed by atoms with Crippen LogP contribution in [0.25, 0.3) is 0 Å². The molecule has 17 heavy (non-hydrogen) atoms. The summed E-state index contributed by atoms with van der Waals surface area (Å²) in [7, 11) is 1.70. The number of benzene rings is 1. The van der Waals surface area contributed by atoms with Crippen molar-refractivity contribution in [2.75, 3.05) is 7.11 Å². The van der Waals surface area contributed by atoms with Gasteiger partial charge in [-0.25, -0.2) is 0 Å². The topological polar surface area (TPSA) is 61.3 Å². The highest BCUT2D eigenvalue weighted by molar-refractivity contribution is 5.38. The summed E-state index contributed by atoms with van der Waals surface area (Å²) in [6.45, 7) is 4.13. The second kappa shape index (κ2) is 6.62. The quantitative estimate of drug-likeness (QED) is 0.797. The van der Waals surface area contributed by atoms with Gasteiger partial charge in [0, 0.05) is 12.1 Å². The number of aryl methyl sites for hydroxylation is 1. The Balaban J connectivity index is 2.77. The third kappa shape index (κ3) is 4.02. The van der Waals surface area contributed by atoms with E-state index in [0.29, 0.717) is 0 Å². The fourth-order valence-corrected chi connectivity index (χ4v) is 1.91. The Kier molecular flexibility index (Phi) is 5.45. The van der Waals surface area contributed by atoms with Crippen molar-refractivity contribution in [2.45, 2.75) is 45.2 Å². The largest absolute Gasteiger partial charge is 0.496 e. The maximum atomic E-state index is 6.16. The van der Waals surface area contributed by atoms with Crippen LogP contribution < -0.4 is 16.2 Å². The van der Waals surface area contributed by atoms with Crippen LogP contribution in [0, 0.1) is 0 Å². The van der Waals surface area contributed by atoms with Gasteiger partial charge in [0.15, 0.2) is 0 Å². The summed E-state index contributed by atoms with van der Waals surface area (Å²) in [5.74, 6) is 0.940. The van der Waals surface area contributed by atoms with Gasteiger partial charge in [-0.1, -0.05) is 19.1 Å². The van der Waals surface area contributed by atoms with Crippen LogP contribution in [0.3, 0.4) is 0 Å². The lowest BCUT2D eigenvalue weighted by atomic mass is 9.98. The molecule has 1 rings (SSSR count). The molecular formula is C14H24N2O. The molecule has 3 heteroatoms. The zero-order chi connectivity index (χ0) is 12.8. The Labute approximate surface area is 104 Å². The third-order valence-electron chi connectivity index (χ3n) is 3.05. The van der Waals surface area contributed by atoms with E-state index in [-0.39, 0.29) is 12.1 Å². The normalized spacial score (nSPS) is 14.4. The molecule has 0 aliphatic heterocycles. The van der Waals surface area contributed by atoms with Gasteiger partial charge in [-0.2, -0.15) is 0 Å². The van der Waals surface area contributed by atoms with Crippen molar-refractivity contribution in [3.63, 3.8) is 0 Å². The summed E-state index contributed by atoms with van der Waals surface area (Å²) in [4.78, 5) is 0. The van der Waals surface area contributed by atoms with E-state index < -0.39 is 0 Å². The fraction of sp³-hybridized carbons (Fsp3) is 0.571. The lowest BCUT2D eigenvalue weighted by molar-refractivity contribution is 0.409. The van der Waals surface area contributed by atoms with Crippen molar-refractivity contribution in [3.8, 4) is 5.75 Å². The van der Waals surface area contributed by atoms with Gasteiger partial charge in [-0.3, -0.25) is 0 Å². The van der Waals surface area contributed by atoms with Crippen molar-refractivity contribution < 1.29 is 4.74 Å². The summed E-state index contributed by atoms with van der Waals surface area (Å²) >= 11 is 0. The molecule has 0 saturated carbocycles. The molecular weight excluding hydrogens is 212 g/mol. The fourth-order valence-electron chi connectivity index (χ4n) is 1.91. The van der Waals surface area contributed by atoms with Crippen molar-refractivity contribution in [2.24, 2.45) is 11.5 Å². The number of ether oxygens (including phenoxy) is 1. The number of rotatable bonds is 6. The molecule has 0 heterocycles. The summed E-state index contributed by atoms with van der Waals surface area (Å²) in [5.41, 5.74) is 14.3. The second-order valence-corrected chi connectivity index (χ2v) is 4.59. The molecule has 1 aromatic rings. The zero-order valence-corrected chi connectivity index (χ0v) is 11.1. The first-order chi connectivity index (χ1) is 8.08. The monoisotopic (exact) mass is 236 g/mol. The average molecular weight is 236 g/mol. The maximum absolute atomic E-state index is 6.16. The first-order valence-corrected chi connectivity index (χ1v) is 6.26. The van der Waals surface area contributed by atoms with Crippen molar-refractivity contribution in [1.82, 2.24) is 0 Å². The van der Waals surface area contributed by atoms with E-state index in [2.05, 4.69) is 13.0 Å². The molecule has 3 nitrogen and oxygen atoms in total. The number of nitrogens with two attached hydrogens (primary N) is 2. The van der Waals surface area contributed by atoms with E-state index in [4.69, 9.17) is 16.2 Å². The summed E-state index contributed by atoms with van der Waals surface area (Å²) in [6, 6.07) is 6.47. The van der Waals surface area contributed by atoms with Gasteiger partial charge in [0.2, 0.25) is 0 Å². The maximum Gasteiger partial charge on any atom is 0.122 e. The van der Waals surface area contributed by atoms with Gasteiger partial charge < -0.3 is 16.2 Å². The first kappa shape index (κ1) is 14.0. The van der Waals surface area contributed by atoms with E-state index in [0.717, 1.165) is 25.0 Å². The van der Waals surface area contributed by atoms with Crippen LogP contribution in [0.2, 0.25) is 0 Å². The number of methoxy groups -OCH3 is 1. The van der Waals surface area contributed by atoms with E-state index in [1.165, 1.54) is 11.1 Å². The minimum atomic E-state index is 0.0669. The first-order valence-electron chi connectivity index (χ1n) is 6.26. The predicted molar refractivity (Wildman–Crippen MR) is 72.2 cm³/mol. The molecule has 2 unspecified atom stereocenters. The van der Waals surface area contributed by atoms with Crippen molar-refractivity contribution >= 4 is 0 Å². The molecule has 0 spiro atoms. The predicted octanol–water partition coefficient (Wildman–Crippen LogP) is 2.38. The van der Waals surface area contributed by atoms with Crippen molar-refractivity contribution in [1.29, 1.82) is 0 Å². The lowest BCUT2D eigenvalue weighted by Gasteiger charge is -2.16. The summed E-state index contributed by atoms with van der Waals surface area (Å²) in [5, 5.41) is 0. The van der Waals surface area contributed by atoms with Crippen LogP contribution in [-0.2, 0) is 6.42 Å². The van der Waals surface area contributed by atoms with E-state index >= 15 is 0 Å². The minimum Gasteiger partial charge on any atom is -0.496 e. The minimum absolute atomic E-state index is 0.0669. The second-order valence-electron chi connectivity index (χ2n) is 4.59. The Bertz CT molecular complexity index is 350. The molecule has 1 aromatic carbocycles. The third-order valence-corrected chi connectivity index (χ3v) is 3.05. The van der Waals surface area contributed by atoms with Gasteiger partial charge in [0.05, 0.1) is 7.11 Å². The van der Waals surface area contributed by atoms with Gasteiger partial charge in [0.25, 0.3) is 0 Å². The molecule has 0 aromatic heterocycles. The lowest BCUT2D eigenvalue weighted by Crippen LogP contribution is -2.19. The average Bonchev–Trinajstić information content (AvgIpc) is 2.34. The Hall–Kier alpha value is -1.06. The Morgan fingerprint density at radius 3 is 2.47 bits per heavy atom. The van der Waals surface area contributed by atoms with Crippen LogP contribution in [0.15, 0.2) is 18.2 Å². The van der Waals surface area contributed by atoms with Gasteiger partial charge >= 0.3 is 0 Å². The molecule has 0 amide bonds. The van der Waals surface area contributed by atoms with Gasteiger partial charge in [-0.15, -0.1) is 0 Å². The molecule has 0 fully saturated rings. The highest BCUT2D eigenvalue weighted by Gasteiger charge is 2.10. The zero-order valence-electron chi connectivity index (χ0n) is 11.1. The smallest absolute Gasteiger partial charge is 0.122 e. The van der Waals surface area contributed by atoms with E-state index in [1.807, 2.05) is 19.1 Å². The highest BCUT2D eigenvalue weighted by Crippen LogP contribution is 2.24. The molecule has 96 valence electrons. The van der Waals surface area contributed by atoms with Crippen LogP contribution in [0.4, 0.5) is 0 Å². The van der Waals surface area contributed by atoms with E-state index in [9.17, 15) is 0 Å². The molecule has 0 saturated heterocycles. The van der Waals surface area contributed by atoms with Gasteiger partial charge in [0.1, 0.15) is 5.75 Å². The SMILES string of the molecule is CCc1cc(C(N)CCC(C)N)ccc1OC. The van der Waals surface area contributed by atoms with Crippen LogP contribution in [0.1, 0.15) is 43.9 Å². The highest BCUT2D eigenvalue weighted by atomic mass is 16.5. The van der Waals surface area contributed by atoms with Crippen LogP contribution in [-0.4, -0.2) is 13.2 Å². The molecule has 0 radical (unpaired) electrons. The van der Waals surface area contributed by atoms with E-state index in [1.54, 1.807) is 7.11 Å². The molecule has 2 atom stereocenters. The number of hydrogen-bond donors (Lipinski definition) is 2. The Morgan fingerprint density at radius 1 is 1.24 bits per heavy atom. The summed E-state index contributed by atoms with van der Waals surface area (Å²) < 4.78 is 5.31. The van der Waals surface area contributed by atoms with Gasteiger partial charge in [-0.05, 0) is 43.4 Å². The number of hydrogen-bond acceptors (Lipinski definition) is 3. The summed E-state index contributed by atoms with van der Waals surface area (Å²) in [6.07, 6.45) is 2.83. The standard InChI is InChI=1S/C14H24N2O/c1-4-11-9-12(6-8-14(11)17-3)13(16)7-5-10(2)15/h6,8-10,13H,4-5,7,15-16H2,1-3H3. The molecule has 0 aliphatic carbocycles. The Morgan fingerprint density at radius 2 is 1.94 bits per heavy atom. The molecule has 0 bridgehead atoms.